The van der Waals surface area contributed by atoms with E-state index in [4.69, 9.17) is 21.7 Å². The van der Waals surface area contributed by atoms with E-state index in [0.29, 0.717) is 37.6 Å². The van der Waals surface area contributed by atoms with Gasteiger partial charge in [0.15, 0.2) is 11.7 Å². The lowest BCUT2D eigenvalue weighted by Crippen LogP contribution is -2.53. The third-order valence-corrected chi connectivity index (χ3v) is 4.74. The summed E-state index contributed by atoms with van der Waals surface area (Å²) >= 11 is 5.02. The second-order valence-electron chi connectivity index (χ2n) is 6.37. The van der Waals surface area contributed by atoms with Crippen molar-refractivity contribution in [3.63, 3.8) is 0 Å². The molecule has 2 heterocycles. The van der Waals surface area contributed by atoms with Crippen molar-refractivity contribution in [3.05, 3.63) is 48.1 Å². The SMILES string of the molecule is C=CCN1C(=O)/C(=C\c2ccc(OCC(=O)N3CCOCC3)cc2)C(=O)NC1=S. The summed E-state index contributed by atoms with van der Waals surface area (Å²) < 4.78 is 10.8. The third kappa shape index (κ3) is 5.07. The van der Waals surface area contributed by atoms with Crippen molar-refractivity contribution in [2.24, 2.45) is 0 Å². The first-order valence-corrected chi connectivity index (χ1v) is 9.48. The van der Waals surface area contributed by atoms with Crippen LogP contribution in [0.15, 0.2) is 42.5 Å². The van der Waals surface area contributed by atoms with Crippen LogP contribution in [-0.2, 0) is 19.1 Å². The summed E-state index contributed by atoms with van der Waals surface area (Å²) in [5.74, 6) is -0.600. The van der Waals surface area contributed by atoms with Gasteiger partial charge in [-0.2, -0.15) is 0 Å². The average molecular weight is 415 g/mol. The number of carbonyl (C=O) groups excluding carboxylic acids is 3. The van der Waals surface area contributed by atoms with Crippen LogP contribution in [0.25, 0.3) is 6.08 Å². The first-order valence-electron chi connectivity index (χ1n) is 9.07. The Hall–Kier alpha value is -3.04. The van der Waals surface area contributed by atoms with Gasteiger partial charge in [0.05, 0.1) is 13.2 Å². The highest BCUT2D eigenvalue weighted by Gasteiger charge is 2.32. The van der Waals surface area contributed by atoms with Crippen LogP contribution in [0.1, 0.15) is 5.56 Å². The molecule has 1 N–H and O–H groups in total. The van der Waals surface area contributed by atoms with Crippen molar-refractivity contribution in [2.75, 3.05) is 39.5 Å². The molecule has 1 aromatic rings. The molecular weight excluding hydrogens is 394 g/mol. The summed E-state index contributed by atoms with van der Waals surface area (Å²) in [7, 11) is 0. The Kier molecular flexibility index (Phi) is 6.73. The van der Waals surface area contributed by atoms with Crippen LogP contribution in [0, 0.1) is 0 Å². The molecule has 3 rings (SSSR count). The van der Waals surface area contributed by atoms with Crippen molar-refractivity contribution in [1.82, 2.24) is 15.1 Å². The number of hydrogen-bond acceptors (Lipinski definition) is 6. The minimum absolute atomic E-state index is 0.0170. The van der Waals surface area contributed by atoms with Gasteiger partial charge in [-0.25, -0.2) is 0 Å². The number of amides is 3. The number of benzene rings is 1. The van der Waals surface area contributed by atoms with Gasteiger partial charge in [0.2, 0.25) is 0 Å². The Labute approximate surface area is 173 Å². The monoisotopic (exact) mass is 415 g/mol. The van der Waals surface area contributed by atoms with Gasteiger partial charge >= 0.3 is 0 Å². The Balaban J connectivity index is 1.64. The van der Waals surface area contributed by atoms with Crippen molar-refractivity contribution in [2.45, 2.75) is 0 Å². The number of thiocarbonyl (C=S) groups is 1. The fourth-order valence-electron chi connectivity index (χ4n) is 2.86. The molecule has 0 unspecified atom stereocenters. The number of nitrogens with one attached hydrogen (secondary N) is 1. The summed E-state index contributed by atoms with van der Waals surface area (Å²) in [4.78, 5) is 39.8. The average Bonchev–Trinajstić information content (AvgIpc) is 2.74. The Morgan fingerprint density at radius 1 is 1.24 bits per heavy atom. The van der Waals surface area contributed by atoms with E-state index in [9.17, 15) is 14.4 Å². The summed E-state index contributed by atoms with van der Waals surface area (Å²) in [5, 5.41) is 2.56. The standard InChI is InChI=1S/C20H21N3O5S/c1-2-7-23-19(26)16(18(25)21-20(23)29)12-14-3-5-15(6-4-14)28-13-17(24)22-8-10-27-11-9-22/h2-6,12H,1,7-11,13H2,(H,21,25,29)/b16-12-. The molecule has 9 heteroatoms. The van der Waals surface area contributed by atoms with Gasteiger partial charge in [-0.3, -0.25) is 24.6 Å². The molecule has 0 bridgehead atoms. The maximum Gasteiger partial charge on any atom is 0.265 e. The molecule has 2 saturated heterocycles. The van der Waals surface area contributed by atoms with Gasteiger partial charge in [-0.1, -0.05) is 18.2 Å². The third-order valence-electron chi connectivity index (χ3n) is 4.41. The topological polar surface area (TPSA) is 88.2 Å². The first-order chi connectivity index (χ1) is 14.0. The maximum atomic E-state index is 12.5. The van der Waals surface area contributed by atoms with Crippen molar-refractivity contribution in [1.29, 1.82) is 0 Å². The Bertz CT molecular complexity index is 859. The number of carbonyl (C=O) groups is 3. The molecule has 0 saturated carbocycles. The lowest BCUT2D eigenvalue weighted by molar-refractivity contribution is -0.137. The van der Waals surface area contributed by atoms with Gasteiger partial charge in [0.1, 0.15) is 11.3 Å². The van der Waals surface area contributed by atoms with E-state index in [1.807, 2.05) is 0 Å². The lowest BCUT2D eigenvalue weighted by atomic mass is 10.1. The maximum absolute atomic E-state index is 12.5. The van der Waals surface area contributed by atoms with Crippen molar-refractivity contribution in [3.8, 4) is 5.75 Å². The molecule has 1 aromatic carbocycles. The zero-order chi connectivity index (χ0) is 20.8. The number of morpholine rings is 1. The molecule has 0 atom stereocenters. The zero-order valence-corrected chi connectivity index (χ0v) is 16.6. The number of nitrogens with zero attached hydrogens (tertiary/aromatic N) is 2. The molecule has 0 aliphatic carbocycles. The van der Waals surface area contributed by atoms with Gasteiger partial charge in [-0.15, -0.1) is 6.58 Å². The predicted molar refractivity (Wildman–Crippen MR) is 110 cm³/mol. The van der Waals surface area contributed by atoms with E-state index >= 15 is 0 Å². The molecule has 3 amide bonds. The van der Waals surface area contributed by atoms with Gasteiger partial charge in [-0.05, 0) is 36.0 Å². The van der Waals surface area contributed by atoms with Crippen LogP contribution in [0.5, 0.6) is 5.75 Å². The zero-order valence-electron chi connectivity index (χ0n) is 15.8. The molecule has 29 heavy (non-hydrogen) atoms. The van der Waals surface area contributed by atoms with E-state index in [-0.39, 0.29) is 29.7 Å². The van der Waals surface area contributed by atoms with E-state index in [0.717, 1.165) is 0 Å². The van der Waals surface area contributed by atoms with Crippen molar-refractivity contribution < 1.29 is 23.9 Å². The molecule has 2 aliphatic rings. The van der Waals surface area contributed by atoms with Crippen LogP contribution < -0.4 is 10.1 Å². The fourth-order valence-corrected chi connectivity index (χ4v) is 3.12. The first kappa shape index (κ1) is 20.7. The Morgan fingerprint density at radius 3 is 2.59 bits per heavy atom. The molecule has 0 spiro atoms. The quantitative estimate of drug-likeness (QED) is 0.319. The molecule has 8 nitrogen and oxygen atoms in total. The lowest BCUT2D eigenvalue weighted by Gasteiger charge is -2.27. The molecule has 0 aromatic heterocycles. The minimum atomic E-state index is -0.545. The molecular formula is C20H21N3O5S. The van der Waals surface area contributed by atoms with E-state index < -0.39 is 11.8 Å². The van der Waals surface area contributed by atoms with Crippen LogP contribution in [0.2, 0.25) is 0 Å². The Morgan fingerprint density at radius 2 is 1.93 bits per heavy atom. The van der Waals surface area contributed by atoms with Gasteiger partial charge in [0.25, 0.3) is 17.7 Å². The highest BCUT2D eigenvalue weighted by molar-refractivity contribution is 7.80. The second-order valence-corrected chi connectivity index (χ2v) is 6.76. The normalized spacial score (nSPS) is 18.6. The fraction of sp³-hybridized carbons (Fsp3) is 0.300. The smallest absolute Gasteiger partial charge is 0.265 e. The molecule has 2 aliphatic heterocycles. The minimum Gasteiger partial charge on any atom is -0.484 e. The highest BCUT2D eigenvalue weighted by Crippen LogP contribution is 2.18. The van der Waals surface area contributed by atoms with Crippen LogP contribution in [0.3, 0.4) is 0 Å². The van der Waals surface area contributed by atoms with Crippen molar-refractivity contribution >= 4 is 41.1 Å². The number of rotatable bonds is 6. The van der Waals surface area contributed by atoms with Gasteiger partial charge < -0.3 is 14.4 Å². The summed E-state index contributed by atoms with van der Waals surface area (Å²) in [6.07, 6.45) is 3.02. The van der Waals surface area contributed by atoms with Crippen LogP contribution in [0.4, 0.5) is 0 Å². The summed E-state index contributed by atoms with van der Waals surface area (Å²) in [5.41, 5.74) is 0.623. The van der Waals surface area contributed by atoms with Crippen LogP contribution in [-0.4, -0.2) is 72.1 Å². The number of ether oxygens (including phenoxy) is 2. The largest absolute Gasteiger partial charge is 0.484 e. The highest BCUT2D eigenvalue weighted by atomic mass is 32.1. The van der Waals surface area contributed by atoms with E-state index in [1.165, 1.54) is 17.1 Å². The van der Waals surface area contributed by atoms with E-state index in [1.54, 1.807) is 29.2 Å². The summed E-state index contributed by atoms with van der Waals surface area (Å²) in [6, 6.07) is 6.76. The molecule has 0 radical (unpaired) electrons. The van der Waals surface area contributed by atoms with Gasteiger partial charge in [0, 0.05) is 19.6 Å². The molecule has 2 fully saturated rings. The van der Waals surface area contributed by atoms with E-state index in [2.05, 4.69) is 11.9 Å². The second kappa shape index (κ2) is 9.44. The number of hydrogen-bond donors (Lipinski definition) is 1. The molecule has 152 valence electrons. The predicted octanol–water partition coefficient (Wildman–Crippen LogP) is 0.737. The van der Waals surface area contributed by atoms with Crippen LogP contribution >= 0.6 is 12.2 Å². The summed E-state index contributed by atoms with van der Waals surface area (Å²) in [6.45, 7) is 5.94.